The Hall–Kier alpha value is -6.36. The van der Waals surface area contributed by atoms with E-state index in [0.717, 1.165) is 21.4 Å². The first-order valence-electron chi connectivity index (χ1n) is 15.6. The number of hydrogen-bond acceptors (Lipinski definition) is 6. The van der Waals surface area contributed by atoms with E-state index in [1.54, 1.807) is 91.6 Å². The second kappa shape index (κ2) is 12.7. The summed E-state index contributed by atoms with van der Waals surface area (Å²) in [5.74, 6) is -1.40. The lowest BCUT2D eigenvalue weighted by molar-refractivity contribution is 0.0645. The van der Waals surface area contributed by atoms with Crippen LogP contribution >= 0.6 is 0 Å². The topological polar surface area (TPSA) is 116 Å². The number of rotatable bonds is 9. The second-order valence-corrected chi connectivity index (χ2v) is 11.6. The predicted octanol–water partition coefficient (Wildman–Crippen LogP) is 5.78. The van der Waals surface area contributed by atoms with Gasteiger partial charge in [0.2, 0.25) is 0 Å². The standard InChI is InChI=1S/C38H30FN5O5/c1-23-34(35(45)41-26-13-12-25(32(39)21-26)20-24-16-17-40-33-22-28(49-2)14-15-29(24)33)38(48)44(27-8-4-3-5-9-27)43(23)19-18-42-36(46)30-10-6-7-11-31(30)37(42)47/h3-17,21-22H,18-20H2,1-2H3,(H,41,45). The summed E-state index contributed by atoms with van der Waals surface area (Å²) in [6, 6.07) is 27.1. The molecule has 49 heavy (non-hydrogen) atoms. The van der Waals surface area contributed by atoms with Crippen molar-refractivity contribution >= 4 is 34.3 Å². The van der Waals surface area contributed by atoms with Crippen LogP contribution in [0.2, 0.25) is 0 Å². The highest BCUT2D eigenvalue weighted by atomic mass is 19.1. The summed E-state index contributed by atoms with van der Waals surface area (Å²) in [5.41, 5.74) is 2.93. The summed E-state index contributed by atoms with van der Waals surface area (Å²) in [7, 11) is 1.58. The molecule has 7 rings (SSSR count). The maximum absolute atomic E-state index is 15.4. The molecule has 1 N–H and O–H groups in total. The Labute approximate surface area is 280 Å². The fraction of sp³-hybridized carbons (Fsp3) is 0.132. The summed E-state index contributed by atoms with van der Waals surface area (Å²) < 4.78 is 23.7. The molecule has 6 aromatic rings. The van der Waals surface area contributed by atoms with Crippen LogP contribution < -0.4 is 15.6 Å². The van der Waals surface area contributed by atoms with Crippen molar-refractivity contribution in [3.63, 3.8) is 0 Å². The minimum Gasteiger partial charge on any atom is -0.497 e. The first-order chi connectivity index (χ1) is 23.7. The van der Waals surface area contributed by atoms with E-state index in [1.807, 2.05) is 24.3 Å². The lowest BCUT2D eigenvalue weighted by Crippen LogP contribution is -2.34. The molecule has 4 aromatic carbocycles. The summed E-state index contributed by atoms with van der Waals surface area (Å²) >= 11 is 0. The van der Waals surface area contributed by atoms with Gasteiger partial charge in [-0.25, -0.2) is 9.07 Å². The third-order valence-electron chi connectivity index (χ3n) is 8.77. The maximum Gasteiger partial charge on any atom is 0.284 e. The average Bonchev–Trinajstić information content (AvgIpc) is 3.51. The molecule has 3 amide bonds. The van der Waals surface area contributed by atoms with Gasteiger partial charge in [-0.05, 0) is 72.6 Å². The Kier molecular flexibility index (Phi) is 8.09. The summed E-state index contributed by atoms with van der Waals surface area (Å²) in [5, 5.41) is 3.55. The van der Waals surface area contributed by atoms with Crippen LogP contribution in [0.1, 0.15) is 47.9 Å². The molecule has 0 spiro atoms. The van der Waals surface area contributed by atoms with E-state index >= 15 is 4.39 Å². The zero-order valence-electron chi connectivity index (χ0n) is 26.6. The molecule has 244 valence electrons. The molecule has 0 aliphatic carbocycles. The Morgan fingerprint density at radius 1 is 0.837 bits per heavy atom. The number of nitrogens with one attached hydrogen (secondary N) is 1. The third-order valence-corrected chi connectivity index (χ3v) is 8.77. The third kappa shape index (κ3) is 5.65. The van der Waals surface area contributed by atoms with Crippen molar-refractivity contribution < 1.29 is 23.5 Å². The van der Waals surface area contributed by atoms with Crippen molar-refractivity contribution in [2.75, 3.05) is 19.0 Å². The fourth-order valence-electron chi connectivity index (χ4n) is 6.28. The van der Waals surface area contributed by atoms with Crippen molar-refractivity contribution in [2.24, 2.45) is 0 Å². The van der Waals surface area contributed by atoms with Gasteiger partial charge in [0.15, 0.2) is 0 Å². The van der Waals surface area contributed by atoms with E-state index in [1.165, 1.54) is 10.7 Å². The van der Waals surface area contributed by atoms with Gasteiger partial charge >= 0.3 is 0 Å². The van der Waals surface area contributed by atoms with Crippen molar-refractivity contribution in [1.82, 2.24) is 19.2 Å². The Balaban J connectivity index is 1.15. The molecular weight excluding hydrogens is 625 g/mol. The van der Waals surface area contributed by atoms with E-state index in [4.69, 9.17) is 4.74 Å². The molecule has 0 atom stereocenters. The minimum absolute atomic E-state index is 0.0256. The fourth-order valence-corrected chi connectivity index (χ4v) is 6.28. The number of carbonyl (C=O) groups is 3. The van der Waals surface area contributed by atoms with Crippen LogP contribution in [-0.4, -0.2) is 50.6 Å². The first-order valence-corrected chi connectivity index (χ1v) is 15.6. The van der Waals surface area contributed by atoms with E-state index in [-0.39, 0.29) is 24.3 Å². The number of hydrogen-bond donors (Lipinski definition) is 1. The first kappa shape index (κ1) is 31.3. The van der Waals surface area contributed by atoms with Crippen LogP contribution in [0.25, 0.3) is 16.6 Å². The highest BCUT2D eigenvalue weighted by Crippen LogP contribution is 2.26. The number of carbonyl (C=O) groups excluding carboxylic acids is 3. The number of para-hydroxylation sites is 1. The van der Waals surface area contributed by atoms with Crippen molar-refractivity contribution in [1.29, 1.82) is 0 Å². The second-order valence-electron chi connectivity index (χ2n) is 11.6. The number of anilines is 1. The van der Waals surface area contributed by atoms with Crippen LogP contribution in [0.5, 0.6) is 5.75 Å². The van der Waals surface area contributed by atoms with Gasteiger partial charge in [0.25, 0.3) is 23.3 Å². The molecule has 0 bridgehead atoms. The molecule has 2 aromatic heterocycles. The van der Waals surface area contributed by atoms with Gasteiger partial charge in [0.1, 0.15) is 17.1 Å². The van der Waals surface area contributed by atoms with E-state index < -0.39 is 29.1 Å². The molecule has 1 aliphatic rings. The zero-order valence-corrected chi connectivity index (χ0v) is 26.6. The van der Waals surface area contributed by atoms with Crippen LogP contribution in [0, 0.1) is 12.7 Å². The zero-order chi connectivity index (χ0) is 34.2. The van der Waals surface area contributed by atoms with Crippen LogP contribution in [-0.2, 0) is 13.0 Å². The Bertz CT molecular complexity index is 2310. The normalized spacial score (nSPS) is 12.4. The maximum atomic E-state index is 15.4. The summed E-state index contributed by atoms with van der Waals surface area (Å²) in [6.07, 6.45) is 1.96. The quantitative estimate of drug-likeness (QED) is 0.198. The van der Waals surface area contributed by atoms with Crippen LogP contribution in [0.15, 0.2) is 108 Å². The molecule has 3 heterocycles. The van der Waals surface area contributed by atoms with Gasteiger partial charge < -0.3 is 10.1 Å². The van der Waals surface area contributed by atoms with Crippen LogP contribution in [0.4, 0.5) is 10.1 Å². The number of halogens is 1. The molecule has 0 saturated heterocycles. The highest BCUT2D eigenvalue weighted by molar-refractivity contribution is 6.21. The SMILES string of the molecule is COc1ccc2c(Cc3ccc(NC(=O)c4c(C)n(CCN5C(=O)c6ccccc6C5=O)n(-c5ccccc5)c4=O)cc3F)ccnc2c1. The number of pyridine rings is 1. The van der Waals surface area contributed by atoms with E-state index in [2.05, 4.69) is 10.3 Å². The molecule has 1 aliphatic heterocycles. The summed E-state index contributed by atoms with van der Waals surface area (Å²) in [4.78, 5) is 59.1. The number of benzene rings is 4. The Morgan fingerprint density at radius 2 is 1.55 bits per heavy atom. The number of amides is 3. The number of ether oxygens (including phenoxy) is 1. The van der Waals surface area contributed by atoms with Gasteiger partial charge in [-0.3, -0.25) is 33.7 Å². The molecule has 0 radical (unpaired) electrons. The number of aromatic nitrogens is 3. The summed E-state index contributed by atoms with van der Waals surface area (Å²) in [6.45, 7) is 1.65. The predicted molar refractivity (Wildman–Crippen MR) is 182 cm³/mol. The average molecular weight is 656 g/mol. The van der Waals surface area contributed by atoms with Gasteiger partial charge in [0.05, 0.1) is 41.7 Å². The van der Waals surface area contributed by atoms with Gasteiger partial charge in [0, 0.05) is 36.3 Å². The lowest BCUT2D eigenvalue weighted by atomic mass is 10.0. The lowest BCUT2D eigenvalue weighted by Gasteiger charge is -2.18. The monoisotopic (exact) mass is 655 g/mol. The molecule has 0 fully saturated rings. The number of methoxy groups -OCH3 is 1. The highest BCUT2D eigenvalue weighted by Gasteiger charge is 2.35. The molecule has 10 nitrogen and oxygen atoms in total. The molecule has 11 heteroatoms. The largest absolute Gasteiger partial charge is 0.497 e. The van der Waals surface area contributed by atoms with E-state index in [9.17, 15) is 19.2 Å². The number of fused-ring (bicyclic) bond motifs is 2. The van der Waals surface area contributed by atoms with Gasteiger partial charge in [-0.2, -0.15) is 0 Å². The van der Waals surface area contributed by atoms with Crippen LogP contribution in [0.3, 0.4) is 0 Å². The van der Waals surface area contributed by atoms with Crippen molar-refractivity contribution in [3.8, 4) is 11.4 Å². The molecule has 0 unspecified atom stereocenters. The number of imide groups is 1. The number of nitrogens with zero attached hydrogens (tertiary/aromatic N) is 4. The Morgan fingerprint density at radius 3 is 2.24 bits per heavy atom. The van der Waals surface area contributed by atoms with E-state index in [0.29, 0.717) is 40.2 Å². The van der Waals surface area contributed by atoms with Crippen molar-refractivity contribution in [3.05, 3.63) is 153 Å². The van der Waals surface area contributed by atoms with Gasteiger partial charge in [-0.15, -0.1) is 0 Å². The molecular formula is C38H30FN5O5. The van der Waals surface area contributed by atoms with Crippen molar-refractivity contribution in [2.45, 2.75) is 19.9 Å². The smallest absolute Gasteiger partial charge is 0.284 e. The molecule has 0 saturated carbocycles. The van der Waals surface area contributed by atoms with Gasteiger partial charge in [-0.1, -0.05) is 36.4 Å². The minimum atomic E-state index is -0.715.